The lowest BCUT2D eigenvalue weighted by Gasteiger charge is -2.31. The molecule has 1 spiro atoms. The first-order valence-corrected chi connectivity index (χ1v) is 10.1. The molecular formula is C19H26N4O2S. The van der Waals surface area contributed by atoms with Crippen molar-refractivity contribution in [2.75, 3.05) is 44.8 Å². The summed E-state index contributed by atoms with van der Waals surface area (Å²) in [6.45, 7) is 7.91. The first kappa shape index (κ1) is 17.9. The van der Waals surface area contributed by atoms with Crippen LogP contribution in [0.4, 0.5) is 5.82 Å². The lowest BCUT2D eigenvalue weighted by atomic mass is 9.94. The smallest absolute Gasteiger partial charge is 0.148 e. The van der Waals surface area contributed by atoms with Gasteiger partial charge in [0.2, 0.25) is 0 Å². The van der Waals surface area contributed by atoms with E-state index in [1.54, 1.807) is 0 Å². The summed E-state index contributed by atoms with van der Waals surface area (Å²) >= 11 is 1.82. The molecule has 2 atom stereocenters. The van der Waals surface area contributed by atoms with E-state index < -0.39 is 0 Å². The maximum atomic E-state index is 6.29. The van der Waals surface area contributed by atoms with Crippen LogP contribution in [0.2, 0.25) is 0 Å². The summed E-state index contributed by atoms with van der Waals surface area (Å²) in [6.07, 6.45) is 1.01. The normalized spacial score (nSPS) is 26.9. The van der Waals surface area contributed by atoms with Gasteiger partial charge in [-0.25, -0.2) is 0 Å². The van der Waals surface area contributed by atoms with E-state index in [1.807, 2.05) is 30.4 Å². The molecule has 6 nitrogen and oxygen atoms in total. The zero-order valence-corrected chi connectivity index (χ0v) is 16.0. The van der Waals surface area contributed by atoms with Crippen LogP contribution in [0.15, 0.2) is 29.6 Å². The highest BCUT2D eigenvalue weighted by atomic mass is 32.1. The number of hydrogen-bond donors (Lipinski definition) is 1. The summed E-state index contributed by atoms with van der Waals surface area (Å²) in [5.41, 5.74) is 0.749. The molecule has 2 aromatic heterocycles. The van der Waals surface area contributed by atoms with Gasteiger partial charge < -0.3 is 14.8 Å². The third-order valence-electron chi connectivity index (χ3n) is 5.04. The highest BCUT2D eigenvalue weighted by Crippen LogP contribution is 2.33. The minimum atomic E-state index is -0.181. The van der Waals surface area contributed by atoms with Crippen LogP contribution in [-0.2, 0) is 16.0 Å². The lowest BCUT2D eigenvalue weighted by Crippen LogP contribution is -2.43. The summed E-state index contributed by atoms with van der Waals surface area (Å²) in [5, 5.41) is 13.8. The van der Waals surface area contributed by atoms with E-state index in [1.165, 1.54) is 4.88 Å². The molecule has 26 heavy (non-hydrogen) atoms. The summed E-state index contributed by atoms with van der Waals surface area (Å²) in [5.74, 6) is 1.29. The molecule has 0 amide bonds. The lowest BCUT2D eigenvalue weighted by molar-refractivity contribution is -0.0561. The molecule has 2 fully saturated rings. The van der Waals surface area contributed by atoms with Crippen molar-refractivity contribution < 1.29 is 9.47 Å². The summed E-state index contributed by atoms with van der Waals surface area (Å²) < 4.78 is 12.2. The number of ether oxygens (including phenoxy) is 2. The molecule has 2 aliphatic rings. The standard InChI is InChI=1S/C19H26N4O2S/c1-15-4-5-18(22-21-15)20-10-16-9-19(25-12-16)13-23(6-7-24-14-19)11-17-3-2-8-26-17/h2-5,8,16H,6-7,9-14H2,1H3,(H,20,22)/t16-,19+/m0/s1. The van der Waals surface area contributed by atoms with Gasteiger partial charge in [0.05, 0.1) is 25.5 Å². The van der Waals surface area contributed by atoms with Crippen LogP contribution >= 0.6 is 11.3 Å². The maximum Gasteiger partial charge on any atom is 0.148 e. The average Bonchev–Trinajstić information content (AvgIpc) is 3.24. The fourth-order valence-corrected chi connectivity index (χ4v) is 4.51. The minimum Gasteiger partial charge on any atom is -0.377 e. The molecule has 0 bridgehead atoms. The largest absolute Gasteiger partial charge is 0.377 e. The van der Waals surface area contributed by atoms with Gasteiger partial charge in [0, 0.05) is 37.0 Å². The Hall–Kier alpha value is -1.54. The van der Waals surface area contributed by atoms with Crippen LogP contribution in [0.5, 0.6) is 0 Å². The fraction of sp³-hybridized carbons (Fsp3) is 0.579. The topological polar surface area (TPSA) is 59.5 Å². The van der Waals surface area contributed by atoms with Crippen molar-refractivity contribution in [1.82, 2.24) is 15.1 Å². The van der Waals surface area contributed by atoms with Crippen molar-refractivity contribution in [3.05, 3.63) is 40.2 Å². The number of thiophene rings is 1. The second-order valence-corrected chi connectivity index (χ2v) is 8.38. The van der Waals surface area contributed by atoms with E-state index in [2.05, 4.69) is 37.9 Å². The van der Waals surface area contributed by atoms with Crippen molar-refractivity contribution in [2.24, 2.45) is 5.92 Å². The summed E-state index contributed by atoms with van der Waals surface area (Å²) in [7, 11) is 0. The quantitative estimate of drug-likeness (QED) is 0.868. The number of aromatic nitrogens is 2. The van der Waals surface area contributed by atoms with Gasteiger partial charge in [-0.2, -0.15) is 5.10 Å². The molecule has 0 aliphatic carbocycles. The van der Waals surface area contributed by atoms with E-state index in [0.29, 0.717) is 12.5 Å². The van der Waals surface area contributed by atoms with Gasteiger partial charge in [-0.1, -0.05) is 6.07 Å². The second kappa shape index (κ2) is 8.00. The van der Waals surface area contributed by atoms with Crippen molar-refractivity contribution in [3.8, 4) is 0 Å². The third-order valence-corrected chi connectivity index (χ3v) is 5.91. The molecule has 140 valence electrons. The van der Waals surface area contributed by atoms with E-state index in [4.69, 9.17) is 9.47 Å². The zero-order chi connectivity index (χ0) is 17.8. The molecule has 4 rings (SSSR count). The third kappa shape index (κ3) is 4.40. The Morgan fingerprint density at radius 1 is 1.35 bits per heavy atom. The summed E-state index contributed by atoms with van der Waals surface area (Å²) in [6, 6.07) is 8.27. The van der Waals surface area contributed by atoms with E-state index >= 15 is 0 Å². The van der Waals surface area contributed by atoms with Crippen LogP contribution in [-0.4, -0.2) is 60.2 Å². The van der Waals surface area contributed by atoms with Gasteiger partial charge in [-0.05, 0) is 36.9 Å². The summed E-state index contributed by atoms with van der Waals surface area (Å²) in [4.78, 5) is 3.87. The molecule has 4 heterocycles. The Morgan fingerprint density at radius 2 is 2.31 bits per heavy atom. The Kier molecular flexibility index (Phi) is 5.49. The molecule has 0 aromatic carbocycles. The van der Waals surface area contributed by atoms with Crippen molar-refractivity contribution in [1.29, 1.82) is 0 Å². The molecule has 0 unspecified atom stereocenters. The van der Waals surface area contributed by atoms with Crippen LogP contribution in [0, 0.1) is 12.8 Å². The Bertz CT molecular complexity index is 694. The number of nitrogens with zero attached hydrogens (tertiary/aromatic N) is 3. The van der Waals surface area contributed by atoms with Gasteiger partial charge >= 0.3 is 0 Å². The van der Waals surface area contributed by atoms with Crippen molar-refractivity contribution >= 4 is 17.2 Å². The second-order valence-electron chi connectivity index (χ2n) is 7.35. The Labute approximate surface area is 158 Å². The predicted octanol–water partition coefficient (Wildman–Crippen LogP) is 2.57. The van der Waals surface area contributed by atoms with Crippen molar-refractivity contribution in [3.63, 3.8) is 0 Å². The van der Waals surface area contributed by atoms with Crippen LogP contribution < -0.4 is 5.32 Å². The number of aryl methyl sites for hydroxylation is 1. The number of nitrogens with one attached hydrogen (secondary N) is 1. The van der Waals surface area contributed by atoms with Gasteiger partial charge in [-0.3, -0.25) is 4.90 Å². The van der Waals surface area contributed by atoms with E-state index in [-0.39, 0.29) is 5.60 Å². The molecule has 2 aromatic rings. The van der Waals surface area contributed by atoms with Gasteiger partial charge in [-0.15, -0.1) is 16.4 Å². The Morgan fingerprint density at radius 3 is 3.12 bits per heavy atom. The number of rotatable bonds is 5. The molecule has 7 heteroatoms. The molecule has 2 aliphatic heterocycles. The van der Waals surface area contributed by atoms with Crippen LogP contribution in [0.3, 0.4) is 0 Å². The molecule has 0 radical (unpaired) electrons. The molecular weight excluding hydrogens is 348 g/mol. The molecule has 2 saturated heterocycles. The average molecular weight is 375 g/mol. The van der Waals surface area contributed by atoms with Gasteiger partial charge in [0.1, 0.15) is 11.4 Å². The molecule has 0 saturated carbocycles. The number of hydrogen-bond acceptors (Lipinski definition) is 7. The number of anilines is 1. The first-order valence-electron chi connectivity index (χ1n) is 9.21. The Balaban J connectivity index is 1.33. The monoisotopic (exact) mass is 374 g/mol. The zero-order valence-electron chi connectivity index (χ0n) is 15.2. The minimum absolute atomic E-state index is 0.181. The highest BCUT2D eigenvalue weighted by molar-refractivity contribution is 7.09. The van der Waals surface area contributed by atoms with Gasteiger partial charge in [0.25, 0.3) is 0 Å². The van der Waals surface area contributed by atoms with Crippen molar-refractivity contribution in [2.45, 2.75) is 25.5 Å². The fourth-order valence-electron chi connectivity index (χ4n) is 3.76. The highest BCUT2D eigenvalue weighted by Gasteiger charge is 2.43. The first-order chi connectivity index (χ1) is 12.7. The van der Waals surface area contributed by atoms with Crippen LogP contribution in [0.1, 0.15) is 17.0 Å². The van der Waals surface area contributed by atoms with Gasteiger partial charge in [0.15, 0.2) is 0 Å². The van der Waals surface area contributed by atoms with Crippen LogP contribution in [0.25, 0.3) is 0 Å². The van der Waals surface area contributed by atoms with E-state index in [0.717, 1.165) is 57.3 Å². The molecule has 1 N–H and O–H groups in total. The predicted molar refractivity (Wildman–Crippen MR) is 102 cm³/mol. The van der Waals surface area contributed by atoms with E-state index in [9.17, 15) is 0 Å². The maximum absolute atomic E-state index is 6.29. The SMILES string of the molecule is Cc1ccc(NC[C@H]2CO[C@]3(COCCN(Cc4cccs4)C3)C2)nn1.